The minimum Gasteiger partial charge on any atom is -0.504 e. The number of hydrogen-bond donors (Lipinski definition) is 2. The third kappa shape index (κ3) is 4.32. The largest absolute Gasteiger partial charge is 0.504 e. The first-order valence-corrected chi connectivity index (χ1v) is 6.34. The summed E-state index contributed by atoms with van der Waals surface area (Å²) < 4.78 is 5.00. The maximum atomic E-state index is 11.3. The third-order valence-corrected chi connectivity index (χ3v) is 2.90. The Morgan fingerprint density at radius 2 is 2.16 bits per heavy atom. The average molecular weight is 264 g/mol. The molecule has 4 heteroatoms. The number of aliphatic carboxylic acids is 1. The number of hydrogen-bond acceptors (Lipinski definition) is 3. The highest BCUT2D eigenvalue weighted by Gasteiger charge is 2.19. The Morgan fingerprint density at radius 1 is 1.42 bits per heavy atom. The van der Waals surface area contributed by atoms with Gasteiger partial charge in [-0.15, -0.1) is 0 Å². The SMILES string of the molecule is CCC/C=C/CC(C(=O)O)c1ccc(O)c(OC)c1. The van der Waals surface area contributed by atoms with Crippen molar-refractivity contribution in [3.8, 4) is 11.5 Å². The molecular weight excluding hydrogens is 244 g/mol. The van der Waals surface area contributed by atoms with Crippen LogP contribution >= 0.6 is 0 Å². The van der Waals surface area contributed by atoms with E-state index in [0.29, 0.717) is 17.7 Å². The third-order valence-electron chi connectivity index (χ3n) is 2.90. The monoisotopic (exact) mass is 264 g/mol. The van der Waals surface area contributed by atoms with Crippen molar-refractivity contribution in [3.63, 3.8) is 0 Å². The maximum absolute atomic E-state index is 11.3. The summed E-state index contributed by atoms with van der Waals surface area (Å²) >= 11 is 0. The highest BCUT2D eigenvalue weighted by molar-refractivity contribution is 5.76. The summed E-state index contributed by atoms with van der Waals surface area (Å²) in [7, 11) is 1.44. The summed E-state index contributed by atoms with van der Waals surface area (Å²) in [6, 6.07) is 4.64. The van der Waals surface area contributed by atoms with Gasteiger partial charge in [-0.05, 0) is 30.5 Å². The Hall–Kier alpha value is -1.97. The highest BCUT2D eigenvalue weighted by Crippen LogP contribution is 2.31. The van der Waals surface area contributed by atoms with E-state index in [4.69, 9.17) is 4.74 Å². The maximum Gasteiger partial charge on any atom is 0.311 e. The van der Waals surface area contributed by atoms with Crippen molar-refractivity contribution in [3.05, 3.63) is 35.9 Å². The molecular formula is C15H20O4. The summed E-state index contributed by atoms with van der Waals surface area (Å²) in [4.78, 5) is 11.3. The minimum absolute atomic E-state index is 0.0110. The van der Waals surface area contributed by atoms with Crippen LogP contribution < -0.4 is 4.74 Å². The van der Waals surface area contributed by atoms with Crippen LogP contribution in [-0.2, 0) is 4.79 Å². The number of phenols is 1. The van der Waals surface area contributed by atoms with Crippen LogP contribution in [-0.4, -0.2) is 23.3 Å². The standard InChI is InChI=1S/C15H20O4/c1-3-4-5-6-7-12(15(17)18)11-8-9-13(16)14(10-11)19-2/h5-6,8-10,12,16H,3-4,7H2,1-2H3,(H,17,18)/b6-5+. The number of allylic oxidation sites excluding steroid dienone is 2. The summed E-state index contributed by atoms with van der Waals surface area (Å²) in [5.41, 5.74) is 0.628. The van der Waals surface area contributed by atoms with E-state index in [9.17, 15) is 15.0 Å². The molecule has 0 bridgehead atoms. The molecule has 0 heterocycles. The van der Waals surface area contributed by atoms with Crippen molar-refractivity contribution >= 4 is 5.97 Å². The Labute approximate surface area is 113 Å². The Bertz CT molecular complexity index is 451. The van der Waals surface area contributed by atoms with Gasteiger partial charge in [0.2, 0.25) is 0 Å². The van der Waals surface area contributed by atoms with Crippen molar-refractivity contribution < 1.29 is 19.7 Å². The zero-order valence-electron chi connectivity index (χ0n) is 11.3. The number of ether oxygens (including phenoxy) is 1. The molecule has 0 spiro atoms. The number of carbonyl (C=O) groups is 1. The van der Waals surface area contributed by atoms with E-state index in [-0.39, 0.29) is 5.75 Å². The van der Waals surface area contributed by atoms with Crippen molar-refractivity contribution in [2.45, 2.75) is 32.1 Å². The van der Waals surface area contributed by atoms with E-state index in [1.54, 1.807) is 12.1 Å². The lowest BCUT2D eigenvalue weighted by atomic mass is 9.95. The van der Waals surface area contributed by atoms with Crippen LogP contribution in [0.2, 0.25) is 0 Å². The molecule has 0 aliphatic rings. The smallest absolute Gasteiger partial charge is 0.311 e. The van der Waals surface area contributed by atoms with E-state index in [0.717, 1.165) is 12.8 Å². The molecule has 0 radical (unpaired) electrons. The van der Waals surface area contributed by atoms with Gasteiger partial charge in [0.25, 0.3) is 0 Å². The van der Waals surface area contributed by atoms with Crippen LogP contribution in [0, 0.1) is 0 Å². The normalized spacial score (nSPS) is 12.5. The Kier molecular flexibility index (Phi) is 5.93. The number of carboxylic acids is 1. The van der Waals surface area contributed by atoms with Crippen LogP contribution in [0.1, 0.15) is 37.7 Å². The predicted octanol–water partition coefficient (Wildman–Crippen LogP) is 3.32. The summed E-state index contributed by atoms with van der Waals surface area (Å²) in [5, 5.41) is 18.8. The quantitative estimate of drug-likeness (QED) is 0.741. The van der Waals surface area contributed by atoms with Gasteiger partial charge in [-0.25, -0.2) is 0 Å². The van der Waals surface area contributed by atoms with Gasteiger partial charge in [0, 0.05) is 0 Å². The number of methoxy groups -OCH3 is 1. The van der Waals surface area contributed by atoms with E-state index in [1.165, 1.54) is 13.2 Å². The van der Waals surface area contributed by atoms with Crippen LogP contribution in [0.4, 0.5) is 0 Å². The molecule has 19 heavy (non-hydrogen) atoms. The number of aromatic hydroxyl groups is 1. The summed E-state index contributed by atoms with van der Waals surface area (Å²) in [5.74, 6) is -1.20. The molecule has 0 aliphatic carbocycles. The predicted molar refractivity (Wildman–Crippen MR) is 73.7 cm³/mol. The second-order valence-electron chi connectivity index (χ2n) is 4.32. The first-order chi connectivity index (χ1) is 9.10. The van der Waals surface area contributed by atoms with E-state index in [1.807, 2.05) is 12.2 Å². The topological polar surface area (TPSA) is 66.8 Å². The molecule has 0 aliphatic heterocycles. The van der Waals surface area contributed by atoms with Gasteiger partial charge >= 0.3 is 5.97 Å². The molecule has 0 saturated carbocycles. The van der Waals surface area contributed by atoms with E-state index < -0.39 is 11.9 Å². The average Bonchev–Trinajstić information content (AvgIpc) is 2.39. The van der Waals surface area contributed by atoms with Crippen LogP contribution in [0.5, 0.6) is 11.5 Å². The van der Waals surface area contributed by atoms with Crippen LogP contribution in [0.15, 0.2) is 30.4 Å². The molecule has 1 rings (SSSR count). The lowest BCUT2D eigenvalue weighted by molar-refractivity contribution is -0.138. The van der Waals surface area contributed by atoms with Crippen molar-refractivity contribution in [2.75, 3.05) is 7.11 Å². The van der Waals surface area contributed by atoms with Crippen molar-refractivity contribution in [2.24, 2.45) is 0 Å². The van der Waals surface area contributed by atoms with E-state index >= 15 is 0 Å². The molecule has 0 amide bonds. The fraction of sp³-hybridized carbons (Fsp3) is 0.400. The molecule has 0 saturated heterocycles. The molecule has 1 unspecified atom stereocenters. The zero-order valence-corrected chi connectivity index (χ0v) is 11.3. The van der Waals surface area contributed by atoms with Gasteiger partial charge in [-0.1, -0.05) is 31.6 Å². The van der Waals surface area contributed by atoms with Gasteiger partial charge in [-0.3, -0.25) is 4.79 Å². The number of carboxylic acid groups (broad SMARTS) is 1. The van der Waals surface area contributed by atoms with Gasteiger partial charge in [0.1, 0.15) is 0 Å². The van der Waals surface area contributed by atoms with Gasteiger partial charge in [-0.2, -0.15) is 0 Å². The fourth-order valence-electron chi connectivity index (χ4n) is 1.81. The van der Waals surface area contributed by atoms with Gasteiger partial charge in [0.15, 0.2) is 11.5 Å². The first-order valence-electron chi connectivity index (χ1n) is 6.34. The van der Waals surface area contributed by atoms with Gasteiger partial charge in [0.05, 0.1) is 13.0 Å². The molecule has 2 N–H and O–H groups in total. The first kappa shape index (κ1) is 15.1. The molecule has 1 aromatic carbocycles. The summed E-state index contributed by atoms with van der Waals surface area (Å²) in [6.45, 7) is 2.07. The van der Waals surface area contributed by atoms with Crippen molar-refractivity contribution in [1.29, 1.82) is 0 Å². The number of phenolic OH excluding ortho intramolecular Hbond substituents is 1. The number of rotatable bonds is 7. The van der Waals surface area contributed by atoms with Crippen LogP contribution in [0.3, 0.4) is 0 Å². The highest BCUT2D eigenvalue weighted by atomic mass is 16.5. The molecule has 0 aromatic heterocycles. The molecule has 0 fully saturated rings. The lowest BCUT2D eigenvalue weighted by Crippen LogP contribution is -2.10. The lowest BCUT2D eigenvalue weighted by Gasteiger charge is -2.12. The second kappa shape index (κ2) is 7.46. The van der Waals surface area contributed by atoms with Crippen LogP contribution in [0.25, 0.3) is 0 Å². The fourth-order valence-corrected chi connectivity index (χ4v) is 1.81. The molecule has 1 atom stereocenters. The van der Waals surface area contributed by atoms with Crippen molar-refractivity contribution in [1.82, 2.24) is 0 Å². The number of unbranched alkanes of at least 4 members (excludes halogenated alkanes) is 1. The number of benzene rings is 1. The summed E-state index contributed by atoms with van der Waals surface area (Å²) in [6.07, 6.45) is 6.31. The second-order valence-corrected chi connectivity index (χ2v) is 4.32. The molecule has 1 aromatic rings. The van der Waals surface area contributed by atoms with Gasteiger partial charge < -0.3 is 14.9 Å². The zero-order chi connectivity index (χ0) is 14.3. The minimum atomic E-state index is -0.881. The Morgan fingerprint density at radius 3 is 2.74 bits per heavy atom. The molecule has 4 nitrogen and oxygen atoms in total. The molecule has 104 valence electrons. The Balaban J connectivity index is 2.90. The van der Waals surface area contributed by atoms with E-state index in [2.05, 4.69) is 6.92 Å².